The van der Waals surface area contributed by atoms with E-state index in [0.717, 1.165) is 21.4 Å². The third-order valence-electron chi connectivity index (χ3n) is 1.98. The van der Waals surface area contributed by atoms with E-state index in [9.17, 15) is 0 Å². The van der Waals surface area contributed by atoms with E-state index in [1.807, 2.05) is 29.8 Å². The molecule has 0 fully saturated rings. The SMILES string of the molecule is Cc1cn2cc(Br)cc(CC#N)c2n1. The second-order valence-electron chi connectivity index (χ2n) is 3.13. The molecule has 0 aliphatic carbocycles. The summed E-state index contributed by atoms with van der Waals surface area (Å²) >= 11 is 3.40. The number of pyridine rings is 1. The van der Waals surface area contributed by atoms with Crippen molar-refractivity contribution in [1.82, 2.24) is 9.38 Å². The first-order valence-corrected chi connectivity index (χ1v) is 5.00. The van der Waals surface area contributed by atoms with Crippen LogP contribution in [0.4, 0.5) is 0 Å². The molecular weight excluding hydrogens is 242 g/mol. The zero-order valence-corrected chi connectivity index (χ0v) is 9.24. The third-order valence-corrected chi connectivity index (χ3v) is 2.42. The van der Waals surface area contributed by atoms with Crippen molar-refractivity contribution >= 4 is 21.6 Å². The summed E-state index contributed by atoms with van der Waals surface area (Å²) in [6, 6.07) is 4.07. The summed E-state index contributed by atoms with van der Waals surface area (Å²) in [7, 11) is 0. The molecule has 0 aromatic carbocycles. The minimum Gasteiger partial charge on any atom is -0.305 e. The van der Waals surface area contributed by atoms with Crippen molar-refractivity contribution in [3.05, 3.63) is 34.2 Å². The first-order chi connectivity index (χ1) is 6.70. The summed E-state index contributed by atoms with van der Waals surface area (Å²) in [5, 5.41) is 8.67. The lowest BCUT2D eigenvalue weighted by molar-refractivity contribution is 1.12. The molecule has 0 saturated carbocycles. The van der Waals surface area contributed by atoms with Crippen LogP contribution < -0.4 is 0 Å². The van der Waals surface area contributed by atoms with E-state index in [1.54, 1.807) is 0 Å². The van der Waals surface area contributed by atoms with Crippen molar-refractivity contribution in [3.63, 3.8) is 0 Å². The largest absolute Gasteiger partial charge is 0.305 e. The lowest BCUT2D eigenvalue weighted by atomic mass is 10.2. The van der Waals surface area contributed by atoms with Crippen LogP contribution in [0.15, 0.2) is 22.9 Å². The highest BCUT2D eigenvalue weighted by molar-refractivity contribution is 9.10. The normalized spacial score (nSPS) is 10.4. The van der Waals surface area contributed by atoms with Crippen molar-refractivity contribution in [1.29, 1.82) is 5.26 Å². The molecule has 14 heavy (non-hydrogen) atoms. The van der Waals surface area contributed by atoms with Gasteiger partial charge in [0.1, 0.15) is 5.65 Å². The van der Waals surface area contributed by atoms with Gasteiger partial charge in [-0.25, -0.2) is 4.98 Å². The second-order valence-corrected chi connectivity index (χ2v) is 4.05. The van der Waals surface area contributed by atoms with Gasteiger partial charge in [-0.3, -0.25) is 0 Å². The molecule has 2 aromatic rings. The van der Waals surface area contributed by atoms with Gasteiger partial charge in [0, 0.05) is 22.4 Å². The van der Waals surface area contributed by atoms with Gasteiger partial charge in [0.2, 0.25) is 0 Å². The van der Waals surface area contributed by atoms with Crippen molar-refractivity contribution in [2.45, 2.75) is 13.3 Å². The minimum atomic E-state index is 0.388. The molecule has 0 atom stereocenters. The van der Waals surface area contributed by atoms with Crippen LogP contribution >= 0.6 is 15.9 Å². The van der Waals surface area contributed by atoms with Crippen LogP contribution in [-0.4, -0.2) is 9.38 Å². The Bertz CT molecular complexity index is 522. The van der Waals surface area contributed by atoms with Crippen LogP contribution in [0.3, 0.4) is 0 Å². The van der Waals surface area contributed by atoms with Gasteiger partial charge >= 0.3 is 0 Å². The Morgan fingerprint density at radius 2 is 2.36 bits per heavy atom. The summed E-state index contributed by atoms with van der Waals surface area (Å²) in [5.41, 5.74) is 2.78. The molecule has 0 amide bonds. The molecule has 0 unspecified atom stereocenters. The fraction of sp³-hybridized carbons (Fsp3) is 0.200. The molecule has 2 aromatic heterocycles. The quantitative estimate of drug-likeness (QED) is 0.780. The average Bonchev–Trinajstić information content (AvgIpc) is 2.45. The van der Waals surface area contributed by atoms with Gasteiger partial charge in [0.15, 0.2) is 0 Å². The smallest absolute Gasteiger partial charge is 0.141 e. The Morgan fingerprint density at radius 1 is 1.57 bits per heavy atom. The fourth-order valence-corrected chi connectivity index (χ4v) is 1.97. The maximum Gasteiger partial charge on any atom is 0.141 e. The molecule has 3 nitrogen and oxygen atoms in total. The first-order valence-electron chi connectivity index (χ1n) is 4.21. The lowest BCUT2D eigenvalue weighted by Gasteiger charge is -2.00. The number of hydrogen-bond acceptors (Lipinski definition) is 2. The maximum absolute atomic E-state index is 8.67. The van der Waals surface area contributed by atoms with Crippen molar-refractivity contribution < 1.29 is 0 Å². The van der Waals surface area contributed by atoms with Gasteiger partial charge in [-0.05, 0) is 28.9 Å². The van der Waals surface area contributed by atoms with Crippen molar-refractivity contribution in [2.24, 2.45) is 0 Å². The first kappa shape index (κ1) is 9.22. The summed E-state index contributed by atoms with van der Waals surface area (Å²) in [6.07, 6.45) is 4.27. The van der Waals surface area contributed by atoms with Crippen LogP contribution in [0.1, 0.15) is 11.3 Å². The number of nitrogens with zero attached hydrogens (tertiary/aromatic N) is 3. The van der Waals surface area contributed by atoms with Crippen LogP contribution in [0.5, 0.6) is 0 Å². The minimum absolute atomic E-state index is 0.388. The Labute approximate surface area is 90.1 Å². The van der Waals surface area contributed by atoms with Crippen molar-refractivity contribution in [3.8, 4) is 6.07 Å². The van der Waals surface area contributed by atoms with Crippen molar-refractivity contribution in [2.75, 3.05) is 0 Å². The molecule has 0 saturated heterocycles. The van der Waals surface area contributed by atoms with E-state index in [1.165, 1.54) is 0 Å². The molecule has 0 aliphatic rings. The Balaban J connectivity index is 2.74. The summed E-state index contributed by atoms with van der Waals surface area (Å²) in [5.74, 6) is 0. The Kier molecular flexibility index (Phi) is 2.26. The number of halogens is 1. The van der Waals surface area contributed by atoms with Crippen LogP contribution in [0, 0.1) is 18.3 Å². The average molecular weight is 250 g/mol. The Hall–Kier alpha value is -1.34. The van der Waals surface area contributed by atoms with Gasteiger partial charge in [0.25, 0.3) is 0 Å². The molecule has 0 bridgehead atoms. The highest BCUT2D eigenvalue weighted by atomic mass is 79.9. The van der Waals surface area contributed by atoms with Gasteiger partial charge in [0.05, 0.1) is 18.2 Å². The van der Waals surface area contributed by atoms with E-state index in [0.29, 0.717) is 6.42 Å². The zero-order chi connectivity index (χ0) is 10.1. The fourth-order valence-electron chi connectivity index (χ4n) is 1.47. The molecular formula is C10H8BrN3. The molecule has 0 radical (unpaired) electrons. The predicted molar refractivity (Wildman–Crippen MR) is 56.9 cm³/mol. The Morgan fingerprint density at radius 3 is 3.07 bits per heavy atom. The van der Waals surface area contributed by atoms with E-state index in [2.05, 4.69) is 27.0 Å². The lowest BCUT2D eigenvalue weighted by Crippen LogP contribution is -1.91. The number of aryl methyl sites for hydroxylation is 1. The summed E-state index contributed by atoms with van der Waals surface area (Å²) in [6.45, 7) is 1.94. The van der Waals surface area contributed by atoms with E-state index in [4.69, 9.17) is 5.26 Å². The van der Waals surface area contributed by atoms with Gasteiger partial charge in [-0.15, -0.1) is 0 Å². The molecule has 0 N–H and O–H groups in total. The second kappa shape index (κ2) is 3.43. The molecule has 2 rings (SSSR count). The molecule has 2 heterocycles. The number of fused-ring (bicyclic) bond motifs is 1. The highest BCUT2D eigenvalue weighted by Crippen LogP contribution is 2.18. The molecule has 70 valence electrons. The zero-order valence-electron chi connectivity index (χ0n) is 7.66. The molecule has 0 aliphatic heterocycles. The third kappa shape index (κ3) is 1.51. The van der Waals surface area contributed by atoms with E-state index < -0.39 is 0 Å². The van der Waals surface area contributed by atoms with Gasteiger partial charge in [-0.1, -0.05) is 0 Å². The number of nitriles is 1. The maximum atomic E-state index is 8.67. The molecule has 4 heteroatoms. The number of hydrogen-bond donors (Lipinski definition) is 0. The standard InChI is InChI=1S/C10H8BrN3/c1-7-5-14-6-9(11)4-8(2-3-12)10(14)13-7/h4-6H,2H2,1H3. The van der Waals surface area contributed by atoms with Crippen LogP contribution in [0.25, 0.3) is 5.65 Å². The molecule has 0 spiro atoms. The van der Waals surface area contributed by atoms with Crippen LogP contribution in [-0.2, 0) is 6.42 Å². The topological polar surface area (TPSA) is 41.1 Å². The number of rotatable bonds is 1. The van der Waals surface area contributed by atoms with E-state index in [-0.39, 0.29) is 0 Å². The van der Waals surface area contributed by atoms with Gasteiger partial charge in [-0.2, -0.15) is 5.26 Å². The highest BCUT2D eigenvalue weighted by Gasteiger charge is 2.05. The monoisotopic (exact) mass is 249 g/mol. The van der Waals surface area contributed by atoms with E-state index >= 15 is 0 Å². The summed E-state index contributed by atoms with van der Waals surface area (Å²) in [4.78, 5) is 4.36. The van der Waals surface area contributed by atoms with Gasteiger partial charge < -0.3 is 4.40 Å². The number of imidazole rings is 1. The predicted octanol–water partition coefficient (Wildman–Crippen LogP) is 2.47. The van der Waals surface area contributed by atoms with Crippen LogP contribution in [0.2, 0.25) is 0 Å². The summed E-state index contributed by atoms with van der Waals surface area (Å²) < 4.78 is 2.90. The number of aromatic nitrogens is 2.